The van der Waals surface area contributed by atoms with Crippen LogP contribution >= 0.6 is 11.8 Å². The van der Waals surface area contributed by atoms with Crippen molar-refractivity contribution in [2.75, 3.05) is 26.5 Å². The van der Waals surface area contributed by atoms with Crippen LogP contribution < -0.4 is 20.3 Å². The molecule has 0 radical (unpaired) electrons. The molecule has 11 heteroatoms. The minimum absolute atomic E-state index is 0.0796. The molecule has 1 saturated carbocycles. The summed E-state index contributed by atoms with van der Waals surface area (Å²) < 4.78 is 24.6. The number of hydrogen-bond donors (Lipinski definition) is 2. The molecule has 1 unspecified atom stereocenters. The van der Waals surface area contributed by atoms with Gasteiger partial charge in [0.25, 0.3) is 17.3 Å². The third kappa shape index (κ3) is 4.91. The van der Waals surface area contributed by atoms with Crippen molar-refractivity contribution in [1.82, 2.24) is 20.2 Å². The lowest BCUT2D eigenvalue weighted by atomic mass is 9.80. The van der Waals surface area contributed by atoms with Crippen LogP contribution in [0.5, 0.6) is 11.5 Å². The number of likely N-dealkylation sites (tertiary alicyclic amines) is 1. The summed E-state index contributed by atoms with van der Waals surface area (Å²) in [5, 5.41) is 2.93. The van der Waals surface area contributed by atoms with Gasteiger partial charge in [0, 0.05) is 74.3 Å². The molecule has 2 N–H and O–H groups in total. The summed E-state index contributed by atoms with van der Waals surface area (Å²) in [4.78, 5) is 37.0. The number of H-pyrrole nitrogens is 1. The molecule has 10 nitrogen and oxygen atoms in total. The van der Waals surface area contributed by atoms with Gasteiger partial charge < -0.3 is 28.9 Å². The van der Waals surface area contributed by atoms with E-state index in [2.05, 4.69) is 20.2 Å². The number of fused-ring (bicyclic) bond motifs is 3. The smallest absolute Gasteiger partial charge is 0.255 e. The number of hydrogen-bond acceptors (Lipinski definition) is 9. The van der Waals surface area contributed by atoms with Gasteiger partial charge >= 0.3 is 0 Å². The summed E-state index contributed by atoms with van der Waals surface area (Å²) in [5.74, 6) is 0.469. The van der Waals surface area contributed by atoms with Gasteiger partial charge in [0.2, 0.25) is 0 Å². The van der Waals surface area contributed by atoms with Crippen LogP contribution in [-0.4, -0.2) is 65.2 Å². The number of nitrogens with zero attached hydrogens (tertiary/aromatic N) is 2. The van der Waals surface area contributed by atoms with Crippen molar-refractivity contribution in [1.29, 1.82) is 0 Å². The Kier molecular flexibility index (Phi) is 7.32. The van der Waals surface area contributed by atoms with Crippen molar-refractivity contribution in [3.05, 3.63) is 44.7 Å². The largest absolute Gasteiger partial charge is 0.448 e. The summed E-state index contributed by atoms with van der Waals surface area (Å²) in [7, 11) is 1.78. The molecule has 3 aliphatic rings. The first-order valence-corrected chi connectivity index (χ1v) is 15.5. The van der Waals surface area contributed by atoms with E-state index in [0.29, 0.717) is 57.3 Å². The predicted octanol–water partition coefficient (Wildman–Crippen LogP) is 4.47. The van der Waals surface area contributed by atoms with Gasteiger partial charge in [-0.15, -0.1) is 11.8 Å². The highest BCUT2D eigenvalue weighted by Gasteiger charge is 2.49. The summed E-state index contributed by atoms with van der Waals surface area (Å²) in [6.07, 6.45) is 6.41. The van der Waals surface area contributed by atoms with E-state index in [1.165, 1.54) is 11.8 Å². The van der Waals surface area contributed by atoms with Crippen LogP contribution in [-0.2, 0) is 11.3 Å². The molecule has 1 atom stereocenters. The lowest BCUT2D eigenvalue weighted by molar-refractivity contribution is -0.130. The van der Waals surface area contributed by atoms with E-state index < -0.39 is 5.79 Å². The van der Waals surface area contributed by atoms with Gasteiger partial charge in [-0.1, -0.05) is 0 Å². The number of nitrogens with one attached hydrogen (secondary N) is 2. The van der Waals surface area contributed by atoms with Crippen molar-refractivity contribution < 1.29 is 23.4 Å². The average Bonchev–Trinajstić information content (AvgIpc) is 3.48. The Labute approximate surface area is 243 Å². The molecule has 4 heterocycles. The highest BCUT2D eigenvalue weighted by Crippen LogP contribution is 2.52. The minimum atomic E-state index is -0.862. The second-order valence-electron chi connectivity index (χ2n) is 11.6. The molecule has 220 valence electrons. The van der Waals surface area contributed by atoms with Crippen LogP contribution in [0.25, 0.3) is 11.1 Å². The molecular weight excluding hydrogens is 544 g/mol. The van der Waals surface area contributed by atoms with Crippen LogP contribution in [0.15, 0.2) is 20.2 Å². The molecule has 1 saturated heterocycles. The maximum atomic E-state index is 13.7. The second-order valence-corrected chi connectivity index (χ2v) is 12.5. The standard InChI is InChI=1S/C30H38N4O6S/c1-15-11-22(41-6)21(28(35)32-15)12-31-29(36)23-16(2)25-27(24-26(23)38-17(3)33-24)40-30(4,39-25)18-7-9-19(10-8-18)34-13-20(14-34)37-5/h11,18-20H,7-10,12-14H2,1-6H3,(H,31,36)(H,32,35). The van der Waals surface area contributed by atoms with Gasteiger partial charge in [-0.25, -0.2) is 4.98 Å². The van der Waals surface area contributed by atoms with Crippen LogP contribution in [0.3, 0.4) is 0 Å². The number of pyridine rings is 1. The Hall–Kier alpha value is -3.02. The van der Waals surface area contributed by atoms with Gasteiger partial charge in [0.1, 0.15) is 0 Å². The number of ether oxygens (including phenoxy) is 3. The number of amides is 1. The van der Waals surface area contributed by atoms with Crippen molar-refractivity contribution in [2.45, 2.75) is 82.8 Å². The summed E-state index contributed by atoms with van der Waals surface area (Å²) in [5.41, 5.74) is 2.89. The third-order valence-electron chi connectivity index (χ3n) is 8.97. The Morgan fingerprint density at radius 1 is 1.20 bits per heavy atom. The minimum Gasteiger partial charge on any atom is -0.448 e. The Balaban J connectivity index is 1.24. The summed E-state index contributed by atoms with van der Waals surface area (Å²) in [6, 6.07) is 2.48. The highest BCUT2D eigenvalue weighted by molar-refractivity contribution is 7.98. The first-order valence-electron chi connectivity index (χ1n) is 14.2. The molecule has 1 amide bonds. The Morgan fingerprint density at radius 2 is 1.90 bits per heavy atom. The zero-order valence-electron chi connectivity index (χ0n) is 24.5. The van der Waals surface area contributed by atoms with Crippen LogP contribution in [0.4, 0.5) is 0 Å². The quantitative estimate of drug-likeness (QED) is 0.389. The first-order chi connectivity index (χ1) is 19.6. The molecule has 2 aromatic heterocycles. The number of benzene rings is 1. The zero-order chi connectivity index (χ0) is 29.1. The predicted molar refractivity (Wildman–Crippen MR) is 156 cm³/mol. The average molecular weight is 583 g/mol. The number of carbonyl (C=O) groups is 1. The fourth-order valence-electron chi connectivity index (χ4n) is 6.57. The van der Waals surface area contributed by atoms with E-state index in [0.717, 1.165) is 49.4 Å². The number of rotatable bonds is 7. The van der Waals surface area contributed by atoms with E-state index >= 15 is 0 Å². The lowest BCUT2D eigenvalue weighted by Gasteiger charge is -2.47. The summed E-state index contributed by atoms with van der Waals surface area (Å²) >= 11 is 1.47. The third-order valence-corrected chi connectivity index (χ3v) is 9.78. The van der Waals surface area contributed by atoms with Crippen molar-refractivity contribution in [3.8, 4) is 11.5 Å². The number of methoxy groups -OCH3 is 1. The maximum Gasteiger partial charge on any atom is 0.255 e. The SMILES string of the molecule is COC1CN(C2CCC(C3(C)Oc4c(C)c(C(=O)NCc5c(SC)cc(C)[nH]c5=O)c5oc(C)nc5c4O3)CC2)C1. The molecular formula is C30H38N4O6S. The fraction of sp³-hybridized carbons (Fsp3) is 0.567. The Bertz CT molecular complexity index is 1550. The van der Waals surface area contributed by atoms with Crippen LogP contribution in [0.1, 0.15) is 65.7 Å². The monoisotopic (exact) mass is 582 g/mol. The van der Waals surface area contributed by atoms with Gasteiger partial charge in [0.15, 0.2) is 28.5 Å². The summed E-state index contributed by atoms with van der Waals surface area (Å²) in [6.45, 7) is 9.52. The van der Waals surface area contributed by atoms with Crippen molar-refractivity contribution in [3.63, 3.8) is 0 Å². The number of thioether (sulfide) groups is 1. The fourth-order valence-corrected chi connectivity index (χ4v) is 7.28. The Morgan fingerprint density at radius 3 is 2.59 bits per heavy atom. The van der Waals surface area contributed by atoms with Gasteiger partial charge in [-0.3, -0.25) is 14.5 Å². The van der Waals surface area contributed by atoms with E-state index in [1.807, 2.05) is 33.1 Å². The number of aromatic amines is 1. The molecule has 2 fully saturated rings. The molecule has 1 aromatic carbocycles. The second kappa shape index (κ2) is 10.7. The van der Waals surface area contributed by atoms with Crippen molar-refractivity contribution in [2.24, 2.45) is 5.92 Å². The van der Waals surface area contributed by atoms with Gasteiger partial charge in [0.05, 0.1) is 11.7 Å². The van der Waals surface area contributed by atoms with Gasteiger partial charge in [-0.05, 0) is 51.9 Å². The number of aryl methyl sites for hydroxylation is 2. The van der Waals surface area contributed by atoms with E-state index in [-0.39, 0.29) is 23.9 Å². The lowest BCUT2D eigenvalue weighted by Crippen LogP contribution is -2.57. The van der Waals surface area contributed by atoms with E-state index in [1.54, 1.807) is 14.0 Å². The first kappa shape index (κ1) is 28.1. The molecule has 3 aromatic rings. The molecule has 0 spiro atoms. The van der Waals surface area contributed by atoms with Crippen molar-refractivity contribution >= 4 is 28.8 Å². The topological polar surface area (TPSA) is 119 Å². The van der Waals surface area contributed by atoms with Crippen LogP contribution in [0.2, 0.25) is 0 Å². The number of aromatic nitrogens is 2. The molecule has 0 bridgehead atoms. The highest BCUT2D eigenvalue weighted by atomic mass is 32.2. The molecule has 2 aliphatic heterocycles. The van der Waals surface area contributed by atoms with E-state index in [4.69, 9.17) is 18.6 Å². The molecule has 1 aliphatic carbocycles. The normalized spacial score (nSPS) is 24.5. The van der Waals surface area contributed by atoms with Crippen LogP contribution in [0, 0.1) is 26.7 Å². The van der Waals surface area contributed by atoms with Gasteiger partial charge in [-0.2, -0.15) is 0 Å². The molecule has 6 rings (SSSR count). The number of carbonyl (C=O) groups excluding carboxylic acids is 1. The van der Waals surface area contributed by atoms with E-state index in [9.17, 15) is 9.59 Å². The maximum absolute atomic E-state index is 13.7. The molecule has 41 heavy (non-hydrogen) atoms. The number of oxazole rings is 1. The zero-order valence-corrected chi connectivity index (χ0v) is 25.3.